The van der Waals surface area contributed by atoms with Crippen molar-refractivity contribution in [1.82, 2.24) is 10.6 Å². The first-order chi connectivity index (χ1) is 4.35. The second kappa shape index (κ2) is 5.72. The molecule has 3 nitrogen and oxygen atoms in total. The average Bonchev–Trinajstić information content (AvgIpc) is 1.91. The van der Waals surface area contributed by atoms with E-state index in [1.807, 2.05) is 7.05 Å². The number of rotatable bonds is 5. The van der Waals surface area contributed by atoms with Gasteiger partial charge < -0.3 is 15.4 Å². The minimum atomic E-state index is 0.0115. The highest BCUT2D eigenvalue weighted by atomic mass is 16.1. The van der Waals surface area contributed by atoms with Crippen molar-refractivity contribution in [1.29, 1.82) is 0 Å². The lowest BCUT2D eigenvalue weighted by molar-refractivity contribution is -0.109. The first-order valence-corrected chi connectivity index (χ1v) is 3.12. The minimum Gasteiger partial charge on any atom is -0.320 e. The van der Waals surface area contributed by atoms with Gasteiger partial charge in [-0.15, -0.1) is 0 Å². The maximum atomic E-state index is 10.2. The van der Waals surface area contributed by atoms with Crippen molar-refractivity contribution < 1.29 is 4.79 Å². The maximum absolute atomic E-state index is 10.2. The monoisotopic (exact) mass is 130 g/mol. The van der Waals surface area contributed by atoms with E-state index in [0.717, 1.165) is 19.3 Å². The highest BCUT2D eigenvalue weighted by Gasteiger charge is 1.99. The molecular weight excluding hydrogens is 116 g/mol. The van der Waals surface area contributed by atoms with E-state index < -0.39 is 0 Å². The summed E-state index contributed by atoms with van der Waals surface area (Å²) in [5, 5.41) is 5.85. The molecule has 1 atom stereocenters. The number of likely N-dealkylation sites (N-methyl/N-ethyl adjacent to an activating group) is 1. The summed E-state index contributed by atoms with van der Waals surface area (Å²) in [4.78, 5) is 10.2. The molecule has 0 heterocycles. The van der Waals surface area contributed by atoms with Gasteiger partial charge in [0.25, 0.3) is 0 Å². The van der Waals surface area contributed by atoms with E-state index in [2.05, 4.69) is 10.6 Å². The van der Waals surface area contributed by atoms with E-state index in [0.29, 0.717) is 0 Å². The van der Waals surface area contributed by atoms with Crippen molar-refractivity contribution >= 4 is 6.29 Å². The summed E-state index contributed by atoms with van der Waals surface area (Å²) in [5.74, 6) is 0. The van der Waals surface area contributed by atoms with Gasteiger partial charge >= 0.3 is 0 Å². The quantitative estimate of drug-likeness (QED) is 0.487. The lowest BCUT2D eigenvalue weighted by Crippen LogP contribution is -2.29. The molecule has 2 N–H and O–H groups in total. The van der Waals surface area contributed by atoms with E-state index in [1.54, 1.807) is 7.05 Å². The molecule has 0 aliphatic heterocycles. The third kappa shape index (κ3) is 4.12. The molecule has 0 saturated carbocycles. The summed E-state index contributed by atoms with van der Waals surface area (Å²) >= 11 is 0. The molecule has 0 amide bonds. The van der Waals surface area contributed by atoms with E-state index in [-0.39, 0.29) is 6.04 Å². The van der Waals surface area contributed by atoms with Gasteiger partial charge in [-0.1, -0.05) is 0 Å². The van der Waals surface area contributed by atoms with Gasteiger partial charge in [-0.3, -0.25) is 0 Å². The van der Waals surface area contributed by atoms with E-state index in [4.69, 9.17) is 0 Å². The van der Waals surface area contributed by atoms with Crippen LogP contribution in [0.5, 0.6) is 0 Å². The Balaban J connectivity index is 3.20. The van der Waals surface area contributed by atoms with Gasteiger partial charge in [0.05, 0.1) is 6.04 Å². The Morgan fingerprint density at radius 3 is 2.56 bits per heavy atom. The zero-order chi connectivity index (χ0) is 7.11. The number of hydrogen-bond donors (Lipinski definition) is 2. The molecule has 0 spiro atoms. The van der Waals surface area contributed by atoms with Crippen LogP contribution < -0.4 is 10.6 Å². The lowest BCUT2D eigenvalue weighted by Gasteiger charge is -2.06. The van der Waals surface area contributed by atoms with Crippen molar-refractivity contribution in [3.63, 3.8) is 0 Å². The van der Waals surface area contributed by atoms with Crippen molar-refractivity contribution in [2.24, 2.45) is 0 Å². The predicted octanol–water partition coefficient (Wildman–Crippen LogP) is -0.617. The van der Waals surface area contributed by atoms with Gasteiger partial charge in [0.15, 0.2) is 0 Å². The topological polar surface area (TPSA) is 41.1 Å². The zero-order valence-corrected chi connectivity index (χ0v) is 5.98. The van der Waals surface area contributed by atoms with Crippen molar-refractivity contribution in [2.75, 3.05) is 20.6 Å². The molecule has 0 saturated heterocycles. The fraction of sp³-hybridized carbons (Fsp3) is 0.833. The van der Waals surface area contributed by atoms with Gasteiger partial charge in [0.1, 0.15) is 6.29 Å². The summed E-state index contributed by atoms with van der Waals surface area (Å²) in [6.45, 7) is 0.879. The van der Waals surface area contributed by atoms with Crippen LogP contribution in [0.3, 0.4) is 0 Å². The van der Waals surface area contributed by atoms with Crippen LogP contribution in [-0.4, -0.2) is 33.0 Å². The fourth-order valence-corrected chi connectivity index (χ4v) is 0.580. The molecule has 0 bridgehead atoms. The smallest absolute Gasteiger partial charge is 0.136 e. The van der Waals surface area contributed by atoms with Crippen LogP contribution in [0.25, 0.3) is 0 Å². The number of aldehydes is 1. The SMILES string of the molecule is CNCCC(C=O)NC. The lowest BCUT2D eigenvalue weighted by atomic mass is 10.2. The number of carbonyl (C=O) groups is 1. The van der Waals surface area contributed by atoms with Crippen LogP contribution in [0, 0.1) is 0 Å². The molecule has 0 aromatic heterocycles. The molecule has 9 heavy (non-hydrogen) atoms. The van der Waals surface area contributed by atoms with Crippen LogP contribution in [0.4, 0.5) is 0 Å². The van der Waals surface area contributed by atoms with E-state index in [1.165, 1.54) is 0 Å². The molecule has 54 valence electrons. The maximum Gasteiger partial charge on any atom is 0.136 e. The normalized spacial score (nSPS) is 13.1. The second-order valence-corrected chi connectivity index (χ2v) is 1.92. The summed E-state index contributed by atoms with van der Waals surface area (Å²) in [6.07, 6.45) is 1.79. The van der Waals surface area contributed by atoms with Crippen LogP contribution in [0.2, 0.25) is 0 Å². The Morgan fingerprint density at radius 1 is 1.56 bits per heavy atom. The van der Waals surface area contributed by atoms with Gasteiger partial charge in [0.2, 0.25) is 0 Å². The molecule has 0 aliphatic carbocycles. The van der Waals surface area contributed by atoms with Crippen LogP contribution in [0.1, 0.15) is 6.42 Å². The van der Waals surface area contributed by atoms with Gasteiger partial charge in [-0.05, 0) is 27.1 Å². The fourth-order valence-electron chi connectivity index (χ4n) is 0.580. The van der Waals surface area contributed by atoms with Crippen molar-refractivity contribution in [3.8, 4) is 0 Å². The van der Waals surface area contributed by atoms with Crippen LogP contribution in [0.15, 0.2) is 0 Å². The highest BCUT2D eigenvalue weighted by Crippen LogP contribution is 1.82. The Labute approximate surface area is 55.8 Å². The largest absolute Gasteiger partial charge is 0.320 e. The van der Waals surface area contributed by atoms with Gasteiger partial charge in [-0.2, -0.15) is 0 Å². The Hall–Kier alpha value is -0.410. The minimum absolute atomic E-state index is 0.0115. The van der Waals surface area contributed by atoms with Crippen LogP contribution in [-0.2, 0) is 4.79 Å². The predicted molar refractivity (Wildman–Crippen MR) is 37.5 cm³/mol. The molecule has 0 aromatic carbocycles. The number of nitrogens with one attached hydrogen (secondary N) is 2. The molecule has 0 aromatic rings. The van der Waals surface area contributed by atoms with Crippen molar-refractivity contribution in [3.05, 3.63) is 0 Å². The third-order valence-corrected chi connectivity index (χ3v) is 1.24. The first-order valence-electron chi connectivity index (χ1n) is 3.12. The molecular formula is C6H14N2O. The van der Waals surface area contributed by atoms with Gasteiger partial charge in [0, 0.05) is 0 Å². The summed E-state index contributed by atoms with van der Waals surface area (Å²) in [5.41, 5.74) is 0. The molecule has 0 fully saturated rings. The Bertz CT molecular complexity index is 75.5. The molecule has 0 aliphatic rings. The molecule has 0 rings (SSSR count). The Morgan fingerprint density at radius 2 is 2.22 bits per heavy atom. The summed E-state index contributed by atoms with van der Waals surface area (Å²) in [6, 6.07) is 0.0115. The summed E-state index contributed by atoms with van der Waals surface area (Å²) < 4.78 is 0. The first kappa shape index (κ1) is 8.59. The summed E-state index contributed by atoms with van der Waals surface area (Å²) in [7, 11) is 3.66. The van der Waals surface area contributed by atoms with Gasteiger partial charge in [-0.25, -0.2) is 0 Å². The third-order valence-electron chi connectivity index (χ3n) is 1.24. The second-order valence-electron chi connectivity index (χ2n) is 1.92. The van der Waals surface area contributed by atoms with E-state index >= 15 is 0 Å². The standard InChI is InChI=1S/C6H14N2O/c1-7-4-3-6(5-9)8-2/h5-8H,3-4H2,1-2H3. The highest BCUT2D eigenvalue weighted by molar-refractivity contribution is 5.57. The zero-order valence-electron chi connectivity index (χ0n) is 5.98. The molecule has 3 heteroatoms. The van der Waals surface area contributed by atoms with Crippen LogP contribution >= 0.6 is 0 Å². The van der Waals surface area contributed by atoms with Crippen molar-refractivity contribution in [2.45, 2.75) is 12.5 Å². The average molecular weight is 130 g/mol. The number of hydrogen-bond acceptors (Lipinski definition) is 3. The molecule has 1 unspecified atom stereocenters. The van der Waals surface area contributed by atoms with E-state index in [9.17, 15) is 4.79 Å². The number of carbonyl (C=O) groups excluding carboxylic acids is 1. The molecule has 0 radical (unpaired) electrons. The Kier molecular flexibility index (Phi) is 5.46.